The molecule has 21 heavy (non-hydrogen) atoms. The minimum Gasteiger partial charge on any atom is -0.481 e. The van der Waals surface area contributed by atoms with Gasteiger partial charge in [-0.1, -0.05) is 6.07 Å². The number of carbonyl (C=O) groups is 1. The molecule has 0 aliphatic carbocycles. The maximum atomic E-state index is 11.0. The molecule has 0 saturated carbocycles. The number of aryl methyl sites for hydroxylation is 1. The zero-order valence-electron chi connectivity index (χ0n) is 12.2. The predicted octanol–water partition coefficient (Wildman–Crippen LogP) is 2.14. The quantitative estimate of drug-likeness (QED) is 0.900. The first-order valence-corrected chi connectivity index (χ1v) is 7.49. The lowest BCUT2D eigenvalue weighted by Crippen LogP contribution is -2.32. The Balaban J connectivity index is 1.52. The largest absolute Gasteiger partial charge is 0.481 e. The summed E-state index contributed by atoms with van der Waals surface area (Å²) >= 11 is 0. The molecule has 2 aliphatic rings. The van der Waals surface area contributed by atoms with E-state index >= 15 is 0 Å². The highest BCUT2D eigenvalue weighted by Gasteiger charge is 2.30. The number of likely N-dealkylation sites (tertiary alicyclic amines) is 1. The van der Waals surface area contributed by atoms with E-state index in [-0.39, 0.29) is 5.92 Å². The van der Waals surface area contributed by atoms with Crippen molar-refractivity contribution in [2.24, 2.45) is 5.92 Å². The standard InChI is InChI=1S/C16H21NO4/c1-11(17-7-6-13(9-17)16(18)19)2-3-12-4-5-14-15(8-12)21-10-20-14/h4-5,8,11,13H,2-3,6-7,9-10H2,1H3,(H,18,19). The van der Waals surface area contributed by atoms with Gasteiger partial charge in [0.15, 0.2) is 11.5 Å². The van der Waals surface area contributed by atoms with Gasteiger partial charge in [-0.3, -0.25) is 9.69 Å². The van der Waals surface area contributed by atoms with Gasteiger partial charge >= 0.3 is 5.97 Å². The van der Waals surface area contributed by atoms with Crippen LogP contribution in [0.1, 0.15) is 25.3 Å². The molecule has 0 amide bonds. The summed E-state index contributed by atoms with van der Waals surface area (Å²) < 4.78 is 10.7. The van der Waals surface area contributed by atoms with Crippen LogP contribution in [-0.2, 0) is 11.2 Å². The van der Waals surface area contributed by atoms with E-state index in [9.17, 15) is 4.79 Å². The molecule has 1 N–H and O–H groups in total. The summed E-state index contributed by atoms with van der Waals surface area (Å²) in [5, 5.41) is 9.06. The zero-order valence-corrected chi connectivity index (χ0v) is 12.2. The van der Waals surface area contributed by atoms with Crippen molar-refractivity contribution in [2.75, 3.05) is 19.9 Å². The summed E-state index contributed by atoms with van der Waals surface area (Å²) in [6.45, 7) is 4.05. The first-order chi connectivity index (χ1) is 10.1. The maximum absolute atomic E-state index is 11.0. The number of aliphatic carboxylic acids is 1. The Labute approximate surface area is 124 Å². The van der Waals surface area contributed by atoms with Crippen LogP contribution in [0.3, 0.4) is 0 Å². The molecular weight excluding hydrogens is 270 g/mol. The van der Waals surface area contributed by atoms with Crippen molar-refractivity contribution < 1.29 is 19.4 Å². The van der Waals surface area contributed by atoms with Crippen LogP contribution in [0.25, 0.3) is 0 Å². The first kappa shape index (κ1) is 14.2. The lowest BCUT2D eigenvalue weighted by atomic mass is 10.0. The van der Waals surface area contributed by atoms with Gasteiger partial charge in [0.05, 0.1) is 5.92 Å². The van der Waals surface area contributed by atoms with E-state index in [0.717, 1.165) is 37.3 Å². The molecule has 2 aliphatic heterocycles. The molecule has 2 unspecified atom stereocenters. The number of benzene rings is 1. The van der Waals surface area contributed by atoms with Crippen LogP contribution in [0.5, 0.6) is 11.5 Å². The fourth-order valence-electron chi connectivity index (χ4n) is 3.04. The monoisotopic (exact) mass is 291 g/mol. The summed E-state index contributed by atoms with van der Waals surface area (Å²) in [7, 11) is 0. The molecule has 0 radical (unpaired) electrons. The van der Waals surface area contributed by atoms with Gasteiger partial charge in [0.25, 0.3) is 0 Å². The third kappa shape index (κ3) is 3.13. The molecule has 2 atom stereocenters. The van der Waals surface area contributed by atoms with Crippen molar-refractivity contribution in [2.45, 2.75) is 32.2 Å². The molecule has 5 heteroatoms. The van der Waals surface area contributed by atoms with E-state index in [1.807, 2.05) is 12.1 Å². The Hall–Kier alpha value is -1.75. The van der Waals surface area contributed by atoms with Gasteiger partial charge in [0, 0.05) is 12.6 Å². The first-order valence-electron chi connectivity index (χ1n) is 7.49. The van der Waals surface area contributed by atoms with E-state index in [1.54, 1.807) is 0 Å². The van der Waals surface area contributed by atoms with Crippen molar-refractivity contribution in [3.05, 3.63) is 23.8 Å². The molecule has 1 aromatic carbocycles. The van der Waals surface area contributed by atoms with Crippen molar-refractivity contribution in [1.29, 1.82) is 0 Å². The predicted molar refractivity (Wildman–Crippen MR) is 77.7 cm³/mol. The lowest BCUT2D eigenvalue weighted by molar-refractivity contribution is -0.141. The Morgan fingerprint density at radius 1 is 1.43 bits per heavy atom. The van der Waals surface area contributed by atoms with Crippen molar-refractivity contribution in [3.8, 4) is 11.5 Å². The van der Waals surface area contributed by atoms with Crippen molar-refractivity contribution >= 4 is 5.97 Å². The van der Waals surface area contributed by atoms with Gasteiger partial charge in [-0.2, -0.15) is 0 Å². The number of ether oxygens (including phenoxy) is 2. The molecule has 1 fully saturated rings. The number of hydrogen-bond donors (Lipinski definition) is 1. The molecule has 3 rings (SSSR count). The molecule has 5 nitrogen and oxygen atoms in total. The topological polar surface area (TPSA) is 59.0 Å². The van der Waals surface area contributed by atoms with Gasteiger partial charge in [-0.15, -0.1) is 0 Å². The van der Waals surface area contributed by atoms with E-state index in [0.29, 0.717) is 19.4 Å². The van der Waals surface area contributed by atoms with Crippen LogP contribution in [0.2, 0.25) is 0 Å². The van der Waals surface area contributed by atoms with E-state index < -0.39 is 5.97 Å². The second-order valence-electron chi connectivity index (χ2n) is 5.89. The van der Waals surface area contributed by atoms with Crippen molar-refractivity contribution in [3.63, 3.8) is 0 Å². The highest BCUT2D eigenvalue weighted by Crippen LogP contribution is 2.33. The van der Waals surface area contributed by atoms with Crippen LogP contribution in [-0.4, -0.2) is 41.9 Å². The number of fused-ring (bicyclic) bond motifs is 1. The number of hydrogen-bond acceptors (Lipinski definition) is 4. The zero-order chi connectivity index (χ0) is 14.8. The SMILES string of the molecule is CC(CCc1ccc2c(c1)OCO2)N1CCC(C(=O)O)C1. The molecule has 1 saturated heterocycles. The molecule has 114 valence electrons. The summed E-state index contributed by atoms with van der Waals surface area (Å²) in [4.78, 5) is 13.3. The Morgan fingerprint density at radius 3 is 3.00 bits per heavy atom. The van der Waals surface area contributed by atoms with Crippen LogP contribution in [0.4, 0.5) is 0 Å². The summed E-state index contributed by atoms with van der Waals surface area (Å²) in [6.07, 6.45) is 2.75. The van der Waals surface area contributed by atoms with Crippen LogP contribution in [0.15, 0.2) is 18.2 Å². The maximum Gasteiger partial charge on any atom is 0.307 e. The molecule has 0 spiro atoms. The normalized spacial score (nSPS) is 22.4. The number of carboxylic acids is 1. The van der Waals surface area contributed by atoms with Gasteiger partial charge in [-0.05, 0) is 50.4 Å². The van der Waals surface area contributed by atoms with Crippen LogP contribution >= 0.6 is 0 Å². The minimum atomic E-state index is -0.666. The Kier molecular flexibility index (Phi) is 4.01. The molecule has 1 aromatic rings. The van der Waals surface area contributed by atoms with Crippen molar-refractivity contribution in [1.82, 2.24) is 4.90 Å². The Morgan fingerprint density at radius 2 is 2.24 bits per heavy atom. The summed E-state index contributed by atoms with van der Waals surface area (Å²) in [5.41, 5.74) is 1.24. The molecular formula is C16H21NO4. The Bertz CT molecular complexity index is 531. The average Bonchev–Trinajstić information content (AvgIpc) is 3.12. The summed E-state index contributed by atoms with van der Waals surface area (Å²) in [6, 6.07) is 6.47. The van der Waals surface area contributed by atoms with Crippen LogP contribution < -0.4 is 9.47 Å². The fraction of sp³-hybridized carbons (Fsp3) is 0.562. The van der Waals surface area contributed by atoms with Gasteiger partial charge in [0.1, 0.15) is 0 Å². The molecule has 0 aromatic heterocycles. The third-order valence-electron chi connectivity index (χ3n) is 4.48. The van der Waals surface area contributed by atoms with E-state index in [1.165, 1.54) is 5.56 Å². The lowest BCUT2D eigenvalue weighted by Gasteiger charge is -2.24. The average molecular weight is 291 g/mol. The molecule has 2 heterocycles. The van der Waals surface area contributed by atoms with Gasteiger partial charge in [-0.25, -0.2) is 0 Å². The fourth-order valence-corrected chi connectivity index (χ4v) is 3.04. The van der Waals surface area contributed by atoms with E-state index in [4.69, 9.17) is 14.6 Å². The van der Waals surface area contributed by atoms with Crippen LogP contribution in [0, 0.1) is 5.92 Å². The highest BCUT2D eigenvalue weighted by atomic mass is 16.7. The van der Waals surface area contributed by atoms with E-state index in [2.05, 4.69) is 17.9 Å². The highest BCUT2D eigenvalue weighted by molar-refractivity contribution is 5.70. The smallest absolute Gasteiger partial charge is 0.307 e. The number of nitrogens with zero attached hydrogens (tertiary/aromatic N) is 1. The second-order valence-corrected chi connectivity index (χ2v) is 5.89. The molecule has 0 bridgehead atoms. The summed E-state index contributed by atoms with van der Waals surface area (Å²) in [5.74, 6) is 0.779. The van der Waals surface area contributed by atoms with Gasteiger partial charge in [0.2, 0.25) is 6.79 Å². The minimum absolute atomic E-state index is 0.196. The number of rotatable bonds is 5. The second kappa shape index (κ2) is 5.93. The van der Waals surface area contributed by atoms with Gasteiger partial charge < -0.3 is 14.6 Å². The third-order valence-corrected chi connectivity index (χ3v) is 4.48. The number of carboxylic acid groups (broad SMARTS) is 1.